The topological polar surface area (TPSA) is 76.4 Å². The van der Waals surface area contributed by atoms with E-state index >= 15 is 0 Å². The summed E-state index contributed by atoms with van der Waals surface area (Å²) in [6.07, 6.45) is 4.71. The molecule has 116 valence electrons. The second kappa shape index (κ2) is 5.57. The van der Waals surface area contributed by atoms with Crippen molar-refractivity contribution < 1.29 is 8.42 Å². The fourth-order valence-electron chi connectivity index (χ4n) is 1.91. The van der Waals surface area contributed by atoms with E-state index in [9.17, 15) is 8.42 Å². The molecule has 0 bridgehead atoms. The van der Waals surface area contributed by atoms with Gasteiger partial charge in [0, 0.05) is 18.5 Å². The van der Waals surface area contributed by atoms with E-state index in [4.69, 9.17) is 0 Å². The molecule has 2 aromatic rings. The Morgan fingerprint density at radius 1 is 1.43 bits per heavy atom. The molecule has 0 saturated carbocycles. The lowest BCUT2D eigenvalue weighted by atomic mass is 9.88. The number of rotatable bonds is 4. The van der Waals surface area contributed by atoms with E-state index < -0.39 is 9.84 Å². The number of sulfone groups is 1. The third-order valence-corrected chi connectivity index (χ3v) is 4.66. The van der Waals surface area contributed by atoms with Gasteiger partial charge < -0.3 is 5.32 Å². The van der Waals surface area contributed by atoms with Gasteiger partial charge in [-0.15, -0.1) is 0 Å². The number of anilines is 1. The fraction of sp³-hybridized carbons (Fsp3) is 0.538. The lowest BCUT2D eigenvalue weighted by Crippen LogP contribution is -2.40. The Kier molecular flexibility index (Phi) is 4.30. The van der Waals surface area contributed by atoms with Crippen LogP contribution in [0, 0.1) is 5.41 Å². The number of nitrogens with one attached hydrogen (secondary N) is 1. The van der Waals surface area contributed by atoms with Crippen LogP contribution in [0.15, 0.2) is 22.9 Å². The first-order valence-corrected chi connectivity index (χ1v) is 9.36. The Morgan fingerprint density at radius 2 is 2.10 bits per heavy atom. The second-order valence-electron chi connectivity index (χ2n) is 6.23. The van der Waals surface area contributed by atoms with Crippen molar-refractivity contribution in [3.63, 3.8) is 0 Å². The Morgan fingerprint density at radius 3 is 2.67 bits per heavy atom. The lowest BCUT2D eigenvalue weighted by molar-refractivity contribution is 0.359. The van der Waals surface area contributed by atoms with Crippen LogP contribution in [0.3, 0.4) is 0 Å². The maximum Gasteiger partial charge on any atom is 0.171 e. The molecule has 1 N–H and O–H groups in total. The highest BCUT2D eigenvalue weighted by molar-refractivity contribution is 9.10. The lowest BCUT2D eigenvalue weighted by Gasteiger charge is -2.31. The van der Waals surface area contributed by atoms with Crippen molar-refractivity contribution in [1.29, 1.82) is 0 Å². The molecule has 0 aliphatic heterocycles. The fourth-order valence-corrected chi connectivity index (χ4v) is 3.46. The quantitative estimate of drug-likeness (QED) is 0.888. The van der Waals surface area contributed by atoms with E-state index in [0.717, 1.165) is 4.47 Å². The van der Waals surface area contributed by atoms with Gasteiger partial charge in [0.1, 0.15) is 15.7 Å². The number of halogens is 1. The van der Waals surface area contributed by atoms with Crippen LogP contribution in [0.2, 0.25) is 0 Å². The third-order valence-electron chi connectivity index (χ3n) is 3.16. The van der Waals surface area contributed by atoms with Gasteiger partial charge in [0.15, 0.2) is 5.65 Å². The molecule has 2 rings (SSSR count). The molecule has 0 aromatic carbocycles. The highest BCUT2D eigenvalue weighted by atomic mass is 79.9. The standard InChI is InChI=1S/C13H19BrN4O2S/c1-13(2,3)10(8-21(4,19)20)16-11-5-6-18-12(17-11)9(14)7-15-18/h5-7,10H,8H2,1-4H3,(H,16,17). The van der Waals surface area contributed by atoms with Crippen molar-refractivity contribution in [2.24, 2.45) is 5.41 Å². The van der Waals surface area contributed by atoms with Crippen LogP contribution in [-0.2, 0) is 9.84 Å². The highest BCUT2D eigenvalue weighted by Crippen LogP contribution is 2.24. The minimum absolute atomic E-state index is 0.0593. The summed E-state index contributed by atoms with van der Waals surface area (Å²) in [7, 11) is -3.08. The summed E-state index contributed by atoms with van der Waals surface area (Å²) in [5, 5.41) is 7.36. The van der Waals surface area contributed by atoms with Crippen LogP contribution in [0.4, 0.5) is 5.82 Å². The van der Waals surface area contributed by atoms with Crippen molar-refractivity contribution in [3.05, 3.63) is 22.9 Å². The molecule has 0 aliphatic carbocycles. The number of nitrogens with zero attached hydrogens (tertiary/aromatic N) is 3. The second-order valence-corrected chi connectivity index (χ2v) is 9.27. The van der Waals surface area contributed by atoms with Crippen LogP contribution in [0.5, 0.6) is 0 Å². The predicted octanol–water partition coefficient (Wildman–Crippen LogP) is 2.36. The molecule has 2 heterocycles. The summed E-state index contributed by atoms with van der Waals surface area (Å²) in [6.45, 7) is 6.01. The number of hydrogen-bond acceptors (Lipinski definition) is 5. The van der Waals surface area contributed by atoms with Gasteiger partial charge >= 0.3 is 0 Å². The minimum atomic E-state index is -3.08. The van der Waals surface area contributed by atoms with Gasteiger partial charge in [-0.1, -0.05) is 20.8 Å². The number of fused-ring (bicyclic) bond motifs is 1. The molecule has 0 saturated heterocycles. The minimum Gasteiger partial charge on any atom is -0.366 e. The average Bonchev–Trinajstić information content (AvgIpc) is 2.67. The van der Waals surface area contributed by atoms with Gasteiger partial charge in [0.05, 0.1) is 16.4 Å². The average molecular weight is 375 g/mol. The van der Waals surface area contributed by atoms with Crippen molar-refractivity contribution >= 4 is 37.2 Å². The number of hydrogen-bond donors (Lipinski definition) is 1. The maximum atomic E-state index is 11.6. The molecule has 8 heteroatoms. The molecule has 2 aromatic heterocycles. The molecular formula is C13H19BrN4O2S. The Balaban J connectivity index is 2.31. The van der Waals surface area contributed by atoms with E-state index in [2.05, 4.69) is 31.3 Å². The largest absolute Gasteiger partial charge is 0.366 e. The normalized spacial score (nSPS) is 14.3. The van der Waals surface area contributed by atoms with Gasteiger partial charge in [0.2, 0.25) is 0 Å². The van der Waals surface area contributed by atoms with Gasteiger partial charge in [0.25, 0.3) is 0 Å². The van der Waals surface area contributed by atoms with E-state index in [1.807, 2.05) is 20.8 Å². The first-order chi connectivity index (χ1) is 9.56. The zero-order valence-corrected chi connectivity index (χ0v) is 14.9. The van der Waals surface area contributed by atoms with Crippen LogP contribution in [0.1, 0.15) is 20.8 Å². The maximum absolute atomic E-state index is 11.6. The zero-order chi connectivity index (χ0) is 15.8. The van der Waals surface area contributed by atoms with Gasteiger partial charge in [-0.05, 0) is 27.4 Å². The van der Waals surface area contributed by atoms with Crippen molar-refractivity contribution in [2.75, 3.05) is 17.3 Å². The molecule has 0 amide bonds. The van der Waals surface area contributed by atoms with Gasteiger partial charge in [-0.2, -0.15) is 5.10 Å². The summed E-state index contributed by atoms with van der Waals surface area (Å²) in [4.78, 5) is 4.47. The first kappa shape index (κ1) is 16.2. The molecule has 1 unspecified atom stereocenters. The van der Waals surface area contributed by atoms with E-state index in [-0.39, 0.29) is 17.2 Å². The van der Waals surface area contributed by atoms with Crippen molar-refractivity contribution in [2.45, 2.75) is 26.8 Å². The van der Waals surface area contributed by atoms with E-state index in [0.29, 0.717) is 11.5 Å². The van der Waals surface area contributed by atoms with Crippen molar-refractivity contribution in [3.8, 4) is 0 Å². The first-order valence-electron chi connectivity index (χ1n) is 6.50. The summed E-state index contributed by atoms with van der Waals surface area (Å²) in [5.74, 6) is 0.691. The molecule has 6 nitrogen and oxygen atoms in total. The van der Waals surface area contributed by atoms with Crippen LogP contribution in [-0.4, -0.2) is 41.1 Å². The molecule has 0 spiro atoms. The third kappa shape index (κ3) is 4.16. The monoisotopic (exact) mass is 374 g/mol. The highest BCUT2D eigenvalue weighted by Gasteiger charge is 2.28. The number of aromatic nitrogens is 3. The Labute approximate surface area is 133 Å². The molecule has 0 radical (unpaired) electrons. The molecule has 0 fully saturated rings. The SMILES string of the molecule is CC(C)(C)C(CS(C)(=O)=O)Nc1ccn2ncc(Br)c2n1. The predicted molar refractivity (Wildman–Crippen MR) is 87.3 cm³/mol. The Hall–Kier alpha value is -1.15. The summed E-state index contributed by atoms with van der Waals surface area (Å²) < 4.78 is 25.7. The Bertz CT molecular complexity index is 749. The van der Waals surface area contributed by atoms with Crippen molar-refractivity contribution in [1.82, 2.24) is 14.6 Å². The molecular weight excluding hydrogens is 356 g/mol. The smallest absolute Gasteiger partial charge is 0.171 e. The van der Waals surface area contributed by atoms with E-state index in [1.165, 1.54) is 6.26 Å². The van der Waals surface area contributed by atoms with E-state index in [1.54, 1.807) is 23.0 Å². The molecule has 1 atom stereocenters. The van der Waals surface area contributed by atoms with Gasteiger partial charge in [-0.25, -0.2) is 17.9 Å². The zero-order valence-electron chi connectivity index (χ0n) is 12.5. The molecule has 0 aliphatic rings. The summed E-state index contributed by atoms with van der Waals surface area (Å²) in [5.41, 5.74) is 0.473. The van der Waals surface area contributed by atoms with Crippen LogP contribution >= 0.6 is 15.9 Å². The summed E-state index contributed by atoms with van der Waals surface area (Å²) >= 11 is 3.39. The van der Waals surface area contributed by atoms with Gasteiger partial charge in [-0.3, -0.25) is 0 Å². The molecule has 21 heavy (non-hydrogen) atoms. The summed E-state index contributed by atoms with van der Waals surface area (Å²) in [6, 6.07) is 1.55. The van der Waals surface area contributed by atoms with Crippen LogP contribution < -0.4 is 5.32 Å². The van der Waals surface area contributed by atoms with Crippen LogP contribution in [0.25, 0.3) is 5.65 Å².